The van der Waals surface area contributed by atoms with Crippen LogP contribution in [0, 0.1) is 0 Å². The minimum absolute atomic E-state index is 0.0622. The molecule has 1 heterocycles. The van der Waals surface area contributed by atoms with Crippen molar-refractivity contribution < 1.29 is 57.1 Å². The fraction of sp³-hybridized carbons (Fsp3) is 0.696. The van der Waals surface area contributed by atoms with Crippen LogP contribution in [0.4, 0.5) is 0 Å². The van der Waals surface area contributed by atoms with Gasteiger partial charge in [0.15, 0.2) is 30.4 Å². The molecule has 1 aliphatic rings. The molecule has 1 saturated heterocycles. The van der Waals surface area contributed by atoms with Gasteiger partial charge in [-0.2, -0.15) is 0 Å². The van der Waals surface area contributed by atoms with E-state index in [1.54, 1.807) is 20.8 Å². The maximum Gasteiger partial charge on any atom is 0.303 e. The molecule has 0 saturated carbocycles. The molecule has 1 fully saturated rings. The number of ether oxygens (including phenoxy) is 7. The van der Waals surface area contributed by atoms with Gasteiger partial charge in [-0.15, -0.1) is 0 Å². The molecule has 12 nitrogen and oxygen atoms in total. The molecular formula is C23H34O12. The van der Waals surface area contributed by atoms with Gasteiger partial charge >= 0.3 is 23.9 Å². The molecule has 0 radical (unpaired) electrons. The first-order chi connectivity index (χ1) is 16.0. The molecule has 198 valence electrons. The van der Waals surface area contributed by atoms with Gasteiger partial charge in [0.25, 0.3) is 0 Å². The van der Waals surface area contributed by atoms with E-state index >= 15 is 0 Å². The van der Waals surface area contributed by atoms with Gasteiger partial charge in [-0.25, -0.2) is 0 Å². The van der Waals surface area contributed by atoms with Gasteiger partial charge in [-0.05, 0) is 27.7 Å². The fourth-order valence-corrected chi connectivity index (χ4v) is 3.09. The van der Waals surface area contributed by atoms with E-state index in [0.717, 1.165) is 27.7 Å². The molecule has 6 atom stereocenters. The Morgan fingerprint density at radius 2 is 1.29 bits per heavy atom. The lowest BCUT2D eigenvalue weighted by molar-refractivity contribution is -0.341. The third-order valence-corrected chi connectivity index (χ3v) is 4.40. The Kier molecular flexibility index (Phi) is 11.0. The summed E-state index contributed by atoms with van der Waals surface area (Å²) >= 11 is 0. The van der Waals surface area contributed by atoms with Crippen LogP contribution in [0.2, 0.25) is 0 Å². The van der Waals surface area contributed by atoms with Crippen molar-refractivity contribution in [2.45, 2.75) is 98.0 Å². The molecular weight excluding hydrogens is 468 g/mol. The minimum Gasteiger partial charge on any atom is -0.463 e. The van der Waals surface area contributed by atoms with Crippen LogP contribution in [0.1, 0.15) is 55.4 Å². The van der Waals surface area contributed by atoms with E-state index in [-0.39, 0.29) is 5.57 Å². The number of hydrogen-bond acceptors (Lipinski definition) is 12. The summed E-state index contributed by atoms with van der Waals surface area (Å²) in [5.74, 6) is -3.43. The van der Waals surface area contributed by atoms with Crippen molar-refractivity contribution in [1.82, 2.24) is 0 Å². The average molecular weight is 503 g/mol. The van der Waals surface area contributed by atoms with Crippen LogP contribution in [-0.4, -0.2) is 78.9 Å². The number of hydrogen-bond donors (Lipinski definition) is 0. The SMILES string of the molecule is C=C(C(C)=O)[C@H](O[C@@H]1O[C@H](COC(C)=O)[C@@H](OC(C)=O)[C@H](OC(C)=O)[C@H]1OC(C)=O)OC(C)(C)C. The largest absolute Gasteiger partial charge is 0.463 e. The van der Waals surface area contributed by atoms with Crippen molar-refractivity contribution in [3.05, 3.63) is 12.2 Å². The summed E-state index contributed by atoms with van der Waals surface area (Å²) in [6, 6.07) is 0. The van der Waals surface area contributed by atoms with Gasteiger partial charge in [0, 0.05) is 33.3 Å². The molecule has 1 aliphatic heterocycles. The zero-order valence-electron chi connectivity index (χ0n) is 21.3. The summed E-state index contributed by atoms with van der Waals surface area (Å²) in [5, 5.41) is 0. The van der Waals surface area contributed by atoms with Crippen LogP contribution >= 0.6 is 0 Å². The zero-order chi connectivity index (χ0) is 27.1. The Labute approximate surface area is 204 Å². The molecule has 12 heteroatoms. The summed E-state index contributed by atoms with van der Waals surface area (Å²) in [6.07, 6.45) is -8.28. The molecule has 35 heavy (non-hydrogen) atoms. The molecule has 0 aromatic heterocycles. The molecule has 0 aliphatic carbocycles. The first kappa shape index (κ1) is 30.2. The van der Waals surface area contributed by atoms with Gasteiger partial charge < -0.3 is 33.2 Å². The van der Waals surface area contributed by atoms with Crippen molar-refractivity contribution >= 4 is 29.7 Å². The fourth-order valence-electron chi connectivity index (χ4n) is 3.09. The highest BCUT2D eigenvalue weighted by molar-refractivity contribution is 5.93. The van der Waals surface area contributed by atoms with E-state index in [9.17, 15) is 24.0 Å². The topological polar surface area (TPSA) is 150 Å². The van der Waals surface area contributed by atoms with Crippen LogP contribution in [0.3, 0.4) is 0 Å². The Morgan fingerprint density at radius 1 is 0.800 bits per heavy atom. The zero-order valence-corrected chi connectivity index (χ0v) is 21.3. The number of carbonyl (C=O) groups is 5. The Balaban J connectivity index is 3.52. The third kappa shape index (κ3) is 10.1. The molecule has 0 aromatic carbocycles. The highest BCUT2D eigenvalue weighted by Crippen LogP contribution is 2.32. The predicted molar refractivity (Wildman–Crippen MR) is 117 cm³/mol. The first-order valence-corrected chi connectivity index (χ1v) is 10.8. The molecule has 0 spiro atoms. The number of rotatable bonds is 10. The van der Waals surface area contributed by atoms with Gasteiger partial charge in [-0.1, -0.05) is 6.58 Å². The smallest absolute Gasteiger partial charge is 0.303 e. The van der Waals surface area contributed by atoms with Crippen LogP contribution in [-0.2, 0) is 57.1 Å². The quantitative estimate of drug-likeness (QED) is 0.184. The highest BCUT2D eigenvalue weighted by Gasteiger charge is 2.53. The third-order valence-electron chi connectivity index (χ3n) is 4.40. The molecule has 0 bridgehead atoms. The van der Waals surface area contributed by atoms with Crippen molar-refractivity contribution in [3.8, 4) is 0 Å². The second-order valence-corrected chi connectivity index (χ2v) is 8.85. The molecule has 0 unspecified atom stereocenters. The maximum atomic E-state index is 12.0. The second kappa shape index (κ2) is 12.8. The standard InChI is InChI=1S/C23H34O12/c1-11(12(2)24)21(35-23(7,8)9)34-22-20(32-16(6)28)19(31-15(5)27)18(30-14(4)26)17(33-22)10-29-13(3)25/h17-22H,1,10H2,2-9H3/t17-,18-,19+,20-,21-,22+/m1/s1. The van der Waals surface area contributed by atoms with E-state index < -0.39 is 78.9 Å². The Morgan fingerprint density at radius 3 is 1.71 bits per heavy atom. The normalized spacial score (nSPS) is 25.1. The number of ketones is 1. The van der Waals surface area contributed by atoms with E-state index in [1.165, 1.54) is 6.92 Å². The van der Waals surface area contributed by atoms with E-state index in [1.807, 2.05) is 0 Å². The van der Waals surface area contributed by atoms with Crippen molar-refractivity contribution in [1.29, 1.82) is 0 Å². The maximum absolute atomic E-state index is 12.0. The highest BCUT2D eigenvalue weighted by atomic mass is 16.8. The number of carbonyl (C=O) groups excluding carboxylic acids is 5. The molecule has 1 rings (SSSR count). The second-order valence-electron chi connectivity index (χ2n) is 8.85. The van der Waals surface area contributed by atoms with Crippen LogP contribution in [0.5, 0.6) is 0 Å². The van der Waals surface area contributed by atoms with E-state index in [4.69, 9.17) is 33.2 Å². The molecule has 0 amide bonds. The predicted octanol–water partition coefficient (Wildman–Crippen LogP) is 1.37. The van der Waals surface area contributed by atoms with Crippen LogP contribution < -0.4 is 0 Å². The summed E-state index contributed by atoms with van der Waals surface area (Å²) in [5.41, 5.74) is -0.866. The average Bonchev–Trinajstić information content (AvgIpc) is 2.67. The molecule has 0 N–H and O–H groups in total. The lowest BCUT2D eigenvalue weighted by Gasteiger charge is -2.45. The minimum atomic E-state index is -1.51. The van der Waals surface area contributed by atoms with Crippen LogP contribution in [0.25, 0.3) is 0 Å². The monoisotopic (exact) mass is 502 g/mol. The number of esters is 4. The summed E-state index contributed by atoms with van der Waals surface area (Å²) < 4.78 is 38.6. The Hall–Kier alpha value is -2.83. The summed E-state index contributed by atoms with van der Waals surface area (Å²) in [4.78, 5) is 59.1. The lowest BCUT2D eigenvalue weighted by atomic mass is 9.98. The van der Waals surface area contributed by atoms with Crippen molar-refractivity contribution in [2.75, 3.05) is 6.61 Å². The summed E-state index contributed by atoms with van der Waals surface area (Å²) in [6.45, 7) is 14.2. The van der Waals surface area contributed by atoms with Crippen molar-refractivity contribution in [2.24, 2.45) is 0 Å². The Bertz CT molecular complexity index is 827. The van der Waals surface area contributed by atoms with E-state index in [2.05, 4.69) is 6.58 Å². The first-order valence-electron chi connectivity index (χ1n) is 10.8. The number of Topliss-reactive ketones (excluding diaryl/α,β-unsaturated/α-hetero) is 1. The van der Waals surface area contributed by atoms with Gasteiger partial charge in [0.1, 0.15) is 12.7 Å². The van der Waals surface area contributed by atoms with Crippen molar-refractivity contribution in [3.63, 3.8) is 0 Å². The van der Waals surface area contributed by atoms with E-state index in [0.29, 0.717) is 0 Å². The van der Waals surface area contributed by atoms with Gasteiger partial charge in [0.05, 0.1) is 5.60 Å². The van der Waals surface area contributed by atoms with Gasteiger partial charge in [0.2, 0.25) is 6.29 Å². The lowest BCUT2D eigenvalue weighted by Crippen LogP contribution is -2.63. The molecule has 0 aromatic rings. The summed E-state index contributed by atoms with van der Waals surface area (Å²) in [7, 11) is 0. The van der Waals surface area contributed by atoms with Crippen LogP contribution in [0.15, 0.2) is 12.2 Å². The van der Waals surface area contributed by atoms with Gasteiger partial charge in [-0.3, -0.25) is 24.0 Å².